The molecule has 0 spiro atoms. The molecule has 1 aliphatic heterocycles. The maximum absolute atomic E-state index is 6.20. The summed E-state index contributed by atoms with van der Waals surface area (Å²) in [6.07, 6.45) is 1.01. The topological polar surface area (TPSA) is 21.7 Å². The van der Waals surface area contributed by atoms with E-state index in [1.165, 1.54) is 10.4 Å². The van der Waals surface area contributed by atoms with Gasteiger partial charge in [-0.15, -0.1) is 11.3 Å². The number of benzene rings is 2. The van der Waals surface area contributed by atoms with Crippen molar-refractivity contribution in [2.75, 3.05) is 27.2 Å². The number of para-hydroxylation sites is 1. The minimum absolute atomic E-state index is 0.718. The summed E-state index contributed by atoms with van der Waals surface area (Å²) in [6, 6.07) is 16.5. The average Bonchev–Trinajstić information content (AvgIpc) is 3.05. The lowest BCUT2D eigenvalue weighted by molar-refractivity contribution is 0.281. The van der Waals surface area contributed by atoms with Gasteiger partial charge in [0.15, 0.2) is 0 Å². The maximum Gasteiger partial charge on any atom is 0.136 e. The normalized spacial score (nSPS) is 12.0. The van der Waals surface area contributed by atoms with E-state index in [1.807, 2.05) is 24.3 Å². The van der Waals surface area contributed by atoms with Crippen LogP contribution in [0.3, 0.4) is 0 Å². The first-order valence-electron chi connectivity index (χ1n) is 8.49. The Balaban J connectivity index is 1.66. The SMILES string of the molecule is CN(C)CCCOc1ccc2c(c1)-c1sccc1-c1ccccc1O2. The Labute approximate surface area is 152 Å². The first-order chi connectivity index (χ1) is 12.2. The molecule has 2 aromatic carbocycles. The quantitative estimate of drug-likeness (QED) is 0.442. The second kappa shape index (κ2) is 6.90. The van der Waals surface area contributed by atoms with Crippen molar-refractivity contribution in [2.24, 2.45) is 0 Å². The van der Waals surface area contributed by atoms with Gasteiger partial charge < -0.3 is 14.4 Å². The molecule has 0 saturated heterocycles. The van der Waals surface area contributed by atoms with E-state index < -0.39 is 0 Å². The van der Waals surface area contributed by atoms with Gasteiger partial charge in [0.05, 0.1) is 6.61 Å². The molecule has 0 bridgehead atoms. The zero-order valence-corrected chi connectivity index (χ0v) is 15.3. The van der Waals surface area contributed by atoms with Crippen LogP contribution >= 0.6 is 11.3 Å². The lowest BCUT2D eigenvalue weighted by atomic mass is 10.0. The molecule has 0 aliphatic carbocycles. The monoisotopic (exact) mass is 351 g/mol. The minimum Gasteiger partial charge on any atom is -0.494 e. The Kier molecular flexibility index (Phi) is 4.47. The van der Waals surface area contributed by atoms with Gasteiger partial charge in [0, 0.05) is 28.1 Å². The summed E-state index contributed by atoms with van der Waals surface area (Å²) < 4.78 is 12.2. The Morgan fingerprint density at radius 3 is 2.68 bits per heavy atom. The number of hydrogen-bond donors (Lipinski definition) is 0. The molecular weight excluding hydrogens is 330 g/mol. The minimum atomic E-state index is 0.718. The zero-order chi connectivity index (χ0) is 17.2. The van der Waals surface area contributed by atoms with Gasteiger partial charge in [0.1, 0.15) is 17.2 Å². The number of ether oxygens (including phenoxy) is 2. The van der Waals surface area contributed by atoms with Gasteiger partial charge in [0.2, 0.25) is 0 Å². The second-order valence-electron chi connectivity index (χ2n) is 6.42. The summed E-state index contributed by atoms with van der Waals surface area (Å²) in [7, 11) is 4.16. The number of thiophene rings is 1. The summed E-state index contributed by atoms with van der Waals surface area (Å²) in [5.74, 6) is 2.68. The molecule has 1 aromatic heterocycles. The second-order valence-corrected chi connectivity index (χ2v) is 7.34. The van der Waals surface area contributed by atoms with E-state index in [2.05, 4.69) is 48.6 Å². The molecule has 128 valence electrons. The summed E-state index contributed by atoms with van der Waals surface area (Å²) in [6.45, 7) is 1.74. The fourth-order valence-electron chi connectivity index (χ4n) is 3.06. The van der Waals surface area contributed by atoms with E-state index in [4.69, 9.17) is 9.47 Å². The highest BCUT2D eigenvalue weighted by Gasteiger charge is 2.21. The Morgan fingerprint density at radius 1 is 0.960 bits per heavy atom. The molecular formula is C21H21NO2S. The third-order valence-corrected chi connectivity index (χ3v) is 5.22. The Morgan fingerprint density at radius 2 is 1.80 bits per heavy atom. The molecule has 2 heterocycles. The summed E-state index contributed by atoms with van der Waals surface area (Å²) in [5.41, 5.74) is 3.47. The fraction of sp³-hybridized carbons (Fsp3) is 0.238. The van der Waals surface area contributed by atoms with Crippen LogP contribution < -0.4 is 9.47 Å². The molecule has 0 fully saturated rings. The number of rotatable bonds is 5. The van der Waals surface area contributed by atoms with Crippen LogP contribution in [0.25, 0.3) is 21.6 Å². The molecule has 0 unspecified atom stereocenters. The summed E-state index contributed by atoms with van der Waals surface area (Å²) in [4.78, 5) is 3.40. The van der Waals surface area contributed by atoms with Crippen LogP contribution in [0.1, 0.15) is 6.42 Å². The molecule has 3 nitrogen and oxygen atoms in total. The van der Waals surface area contributed by atoms with E-state index >= 15 is 0 Å². The van der Waals surface area contributed by atoms with E-state index in [0.717, 1.165) is 47.9 Å². The zero-order valence-electron chi connectivity index (χ0n) is 14.5. The highest BCUT2D eigenvalue weighted by Crippen LogP contribution is 2.49. The number of hydrogen-bond acceptors (Lipinski definition) is 4. The van der Waals surface area contributed by atoms with E-state index in [0.29, 0.717) is 0 Å². The molecule has 0 atom stereocenters. The van der Waals surface area contributed by atoms with Crippen molar-refractivity contribution in [1.29, 1.82) is 0 Å². The van der Waals surface area contributed by atoms with Crippen molar-refractivity contribution in [3.63, 3.8) is 0 Å². The summed E-state index contributed by atoms with van der Waals surface area (Å²) in [5, 5.41) is 2.14. The molecule has 25 heavy (non-hydrogen) atoms. The Bertz CT molecular complexity index is 885. The molecule has 0 N–H and O–H groups in total. The molecule has 0 saturated carbocycles. The van der Waals surface area contributed by atoms with Gasteiger partial charge in [-0.2, -0.15) is 0 Å². The molecule has 4 heteroatoms. The van der Waals surface area contributed by atoms with Crippen molar-refractivity contribution >= 4 is 11.3 Å². The molecule has 3 aromatic rings. The molecule has 1 aliphatic rings. The summed E-state index contributed by atoms with van der Waals surface area (Å²) >= 11 is 1.74. The van der Waals surface area contributed by atoms with Crippen molar-refractivity contribution < 1.29 is 9.47 Å². The number of nitrogens with zero attached hydrogens (tertiary/aromatic N) is 1. The van der Waals surface area contributed by atoms with Crippen molar-refractivity contribution in [3.05, 3.63) is 53.9 Å². The van der Waals surface area contributed by atoms with Gasteiger partial charge in [-0.3, -0.25) is 0 Å². The first kappa shape index (κ1) is 16.2. The first-order valence-corrected chi connectivity index (χ1v) is 9.37. The predicted octanol–water partition coefficient (Wildman–Crippen LogP) is 5.52. The molecule has 4 rings (SSSR count). The standard InChI is InChI=1S/C21H21NO2S/c1-22(2)11-5-12-23-15-8-9-20-18(14-15)21-17(10-13-25-21)16-6-3-4-7-19(16)24-20/h3-4,6-10,13-14H,5,11-12H2,1-2H3. The van der Waals surface area contributed by atoms with Crippen LogP contribution in [-0.4, -0.2) is 32.1 Å². The van der Waals surface area contributed by atoms with Gasteiger partial charge in [-0.1, -0.05) is 18.2 Å². The average molecular weight is 351 g/mol. The third-order valence-electron chi connectivity index (χ3n) is 4.28. The van der Waals surface area contributed by atoms with Crippen molar-refractivity contribution in [1.82, 2.24) is 4.90 Å². The largest absolute Gasteiger partial charge is 0.494 e. The Hall–Kier alpha value is -2.30. The van der Waals surface area contributed by atoms with Crippen LogP contribution in [0, 0.1) is 0 Å². The van der Waals surface area contributed by atoms with E-state index in [9.17, 15) is 0 Å². The van der Waals surface area contributed by atoms with Crippen molar-refractivity contribution in [2.45, 2.75) is 6.42 Å². The number of fused-ring (bicyclic) bond motifs is 5. The van der Waals surface area contributed by atoms with Crippen LogP contribution in [0.15, 0.2) is 53.9 Å². The fourth-order valence-corrected chi connectivity index (χ4v) is 3.99. The van der Waals surface area contributed by atoms with Gasteiger partial charge in [-0.05, 0) is 56.2 Å². The van der Waals surface area contributed by atoms with E-state index in [1.54, 1.807) is 11.3 Å². The van der Waals surface area contributed by atoms with Gasteiger partial charge in [-0.25, -0.2) is 0 Å². The lowest BCUT2D eigenvalue weighted by Gasteiger charge is -2.13. The molecule has 0 radical (unpaired) electrons. The van der Waals surface area contributed by atoms with Gasteiger partial charge >= 0.3 is 0 Å². The van der Waals surface area contributed by atoms with Gasteiger partial charge in [0.25, 0.3) is 0 Å². The smallest absolute Gasteiger partial charge is 0.136 e. The maximum atomic E-state index is 6.20. The van der Waals surface area contributed by atoms with Crippen LogP contribution in [0.5, 0.6) is 17.2 Å². The highest BCUT2D eigenvalue weighted by atomic mass is 32.1. The molecule has 0 amide bonds. The van der Waals surface area contributed by atoms with Crippen LogP contribution in [-0.2, 0) is 0 Å². The third kappa shape index (κ3) is 3.28. The van der Waals surface area contributed by atoms with E-state index in [-0.39, 0.29) is 0 Å². The van der Waals surface area contributed by atoms with Crippen molar-refractivity contribution in [3.8, 4) is 38.8 Å². The predicted molar refractivity (Wildman–Crippen MR) is 104 cm³/mol. The highest BCUT2D eigenvalue weighted by molar-refractivity contribution is 7.14. The lowest BCUT2D eigenvalue weighted by Crippen LogP contribution is -2.15. The van der Waals surface area contributed by atoms with Crippen LogP contribution in [0.4, 0.5) is 0 Å². The van der Waals surface area contributed by atoms with Crippen LogP contribution in [0.2, 0.25) is 0 Å².